The summed E-state index contributed by atoms with van der Waals surface area (Å²) in [5.41, 5.74) is 9.13. The normalized spacial score (nSPS) is 15.9. The average molecular weight is 485 g/mol. The van der Waals surface area contributed by atoms with Gasteiger partial charge in [-0.25, -0.2) is 4.98 Å². The first-order valence-electron chi connectivity index (χ1n) is 12.6. The predicted molar refractivity (Wildman–Crippen MR) is 141 cm³/mol. The number of carbonyl (C=O) groups is 1. The Morgan fingerprint density at radius 3 is 2.33 bits per heavy atom. The van der Waals surface area contributed by atoms with Crippen molar-refractivity contribution in [1.82, 2.24) is 19.1 Å². The van der Waals surface area contributed by atoms with Gasteiger partial charge in [-0.15, -0.1) is 0 Å². The van der Waals surface area contributed by atoms with E-state index >= 15 is 0 Å². The number of aryl methyl sites for hydroxylation is 2. The number of imidazole rings is 1. The Morgan fingerprint density at radius 1 is 0.972 bits per heavy atom. The summed E-state index contributed by atoms with van der Waals surface area (Å²) in [5.74, 6) is 1.21. The second kappa shape index (κ2) is 10.5. The van der Waals surface area contributed by atoms with Gasteiger partial charge < -0.3 is 10.6 Å². The number of ketones is 1. The third kappa shape index (κ3) is 5.09. The number of anilines is 1. The number of benzene rings is 2. The van der Waals surface area contributed by atoms with Gasteiger partial charge in [-0.1, -0.05) is 60.7 Å². The molecule has 0 bridgehead atoms. The smallest absolute Gasteiger partial charge is 0.280 e. The van der Waals surface area contributed by atoms with E-state index in [0.29, 0.717) is 42.4 Å². The molecular formula is C28H32N6O2. The maximum atomic E-state index is 13.9. The first-order chi connectivity index (χ1) is 17.5. The van der Waals surface area contributed by atoms with Gasteiger partial charge in [0.1, 0.15) is 11.6 Å². The topological polar surface area (TPSA) is 99.0 Å². The molecule has 8 nitrogen and oxygen atoms in total. The number of hydrogen-bond donors (Lipinski definition) is 1. The summed E-state index contributed by atoms with van der Waals surface area (Å²) in [6.07, 6.45) is 3.20. The number of nitrogens with zero attached hydrogens (tertiary/aromatic N) is 5. The highest BCUT2D eigenvalue weighted by Gasteiger charge is 2.26. The minimum absolute atomic E-state index is 0.00760. The number of rotatable bonds is 8. The van der Waals surface area contributed by atoms with Crippen molar-refractivity contribution in [2.24, 2.45) is 5.73 Å². The molecule has 0 aliphatic carbocycles. The Bertz CT molecular complexity index is 1410. The summed E-state index contributed by atoms with van der Waals surface area (Å²) >= 11 is 0. The SMILES string of the molecule is CC(=O)Cn1c(CCc2ccccc2)nc2nc(N3CCCC(N)C3)n(Cc3ccccc3)c2c1=O. The molecule has 5 rings (SSSR count). The van der Waals surface area contributed by atoms with E-state index in [1.807, 2.05) is 53.1 Å². The van der Waals surface area contributed by atoms with Crippen LogP contribution < -0.4 is 16.2 Å². The summed E-state index contributed by atoms with van der Waals surface area (Å²) in [6, 6.07) is 20.2. The Morgan fingerprint density at radius 2 is 1.67 bits per heavy atom. The molecule has 0 saturated carbocycles. The van der Waals surface area contributed by atoms with Gasteiger partial charge in [0.05, 0.1) is 13.1 Å². The molecule has 1 unspecified atom stereocenters. The fraction of sp³-hybridized carbons (Fsp3) is 0.357. The molecule has 186 valence electrons. The molecule has 2 aromatic carbocycles. The molecule has 1 aliphatic heterocycles. The van der Waals surface area contributed by atoms with E-state index < -0.39 is 0 Å². The van der Waals surface area contributed by atoms with Gasteiger partial charge in [-0.3, -0.25) is 18.7 Å². The number of nitrogens with two attached hydrogens (primary N) is 1. The molecule has 1 saturated heterocycles. The molecule has 2 N–H and O–H groups in total. The van der Waals surface area contributed by atoms with Crippen LogP contribution in [0.1, 0.15) is 36.7 Å². The molecule has 1 aliphatic rings. The molecule has 1 fully saturated rings. The fourth-order valence-corrected chi connectivity index (χ4v) is 4.97. The second-order valence-electron chi connectivity index (χ2n) is 9.61. The van der Waals surface area contributed by atoms with Gasteiger partial charge in [-0.05, 0) is 37.3 Å². The molecule has 1 atom stereocenters. The maximum absolute atomic E-state index is 13.9. The van der Waals surface area contributed by atoms with Crippen LogP contribution in [0.4, 0.5) is 5.95 Å². The van der Waals surface area contributed by atoms with Crippen LogP contribution in [0.15, 0.2) is 65.5 Å². The zero-order valence-electron chi connectivity index (χ0n) is 20.6. The number of carbonyl (C=O) groups excluding carboxylic acids is 1. The van der Waals surface area contributed by atoms with E-state index in [1.165, 1.54) is 11.5 Å². The van der Waals surface area contributed by atoms with Crippen LogP contribution in [0.25, 0.3) is 11.2 Å². The number of aromatic nitrogens is 4. The fourth-order valence-electron chi connectivity index (χ4n) is 4.97. The van der Waals surface area contributed by atoms with Gasteiger partial charge in [0.15, 0.2) is 11.2 Å². The van der Waals surface area contributed by atoms with E-state index in [9.17, 15) is 9.59 Å². The molecular weight excluding hydrogens is 452 g/mol. The van der Waals surface area contributed by atoms with Crippen LogP contribution in [0.5, 0.6) is 0 Å². The van der Waals surface area contributed by atoms with Crippen LogP contribution >= 0.6 is 0 Å². The monoisotopic (exact) mass is 484 g/mol. The Labute approximate surface area is 210 Å². The van der Waals surface area contributed by atoms with E-state index in [1.54, 1.807) is 0 Å². The van der Waals surface area contributed by atoms with E-state index in [2.05, 4.69) is 17.0 Å². The lowest BCUT2D eigenvalue weighted by atomic mass is 10.1. The first-order valence-corrected chi connectivity index (χ1v) is 12.6. The number of hydrogen-bond acceptors (Lipinski definition) is 6. The van der Waals surface area contributed by atoms with Gasteiger partial charge in [0, 0.05) is 25.6 Å². The third-order valence-corrected chi connectivity index (χ3v) is 6.71. The molecule has 2 aromatic heterocycles. The minimum atomic E-state index is -0.228. The van der Waals surface area contributed by atoms with Crippen molar-refractivity contribution < 1.29 is 4.79 Å². The van der Waals surface area contributed by atoms with Crippen molar-refractivity contribution in [3.8, 4) is 0 Å². The Kier molecular flexibility index (Phi) is 6.95. The molecule has 36 heavy (non-hydrogen) atoms. The zero-order chi connectivity index (χ0) is 25.1. The summed E-state index contributed by atoms with van der Waals surface area (Å²) in [6.45, 7) is 3.49. The van der Waals surface area contributed by atoms with Crippen molar-refractivity contribution in [2.45, 2.75) is 51.7 Å². The Balaban J connectivity index is 1.64. The van der Waals surface area contributed by atoms with Crippen LogP contribution in [-0.4, -0.2) is 44.0 Å². The highest BCUT2D eigenvalue weighted by molar-refractivity contribution is 5.77. The maximum Gasteiger partial charge on any atom is 0.280 e. The van der Waals surface area contributed by atoms with Crippen molar-refractivity contribution in [1.29, 1.82) is 0 Å². The van der Waals surface area contributed by atoms with Crippen LogP contribution in [0.3, 0.4) is 0 Å². The van der Waals surface area contributed by atoms with Crippen LogP contribution in [0, 0.1) is 0 Å². The van der Waals surface area contributed by atoms with Gasteiger partial charge in [0.25, 0.3) is 5.56 Å². The number of fused-ring (bicyclic) bond motifs is 1. The van der Waals surface area contributed by atoms with Crippen molar-refractivity contribution in [2.75, 3.05) is 18.0 Å². The van der Waals surface area contributed by atoms with Crippen molar-refractivity contribution in [3.63, 3.8) is 0 Å². The molecule has 4 aromatic rings. The van der Waals surface area contributed by atoms with E-state index in [-0.39, 0.29) is 23.9 Å². The summed E-state index contributed by atoms with van der Waals surface area (Å²) in [7, 11) is 0. The molecule has 0 amide bonds. The highest BCUT2D eigenvalue weighted by Crippen LogP contribution is 2.24. The average Bonchev–Trinajstić information content (AvgIpc) is 3.24. The summed E-state index contributed by atoms with van der Waals surface area (Å²) in [5, 5.41) is 0. The lowest BCUT2D eigenvalue weighted by Crippen LogP contribution is -2.44. The van der Waals surface area contributed by atoms with E-state index in [0.717, 1.165) is 36.9 Å². The predicted octanol–water partition coefficient (Wildman–Crippen LogP) is 2.94. The van der Waals surface area contributed by atoms with Gasteiger partial charge in [0.2, 0.25) is 5.95 Å². The largest absolute Gasteiger partial charge is 0.341 e. The van der Waals surface area contributed by atoms with Gasteiger partial charge >= 0.3 is 0 Å². The molecule has 0 spiro atoms. The molecule has 3 heterocycles. The minimum Gasteiger partial charge on any atom is -0.341 e. The second-order valence-corrected chi connectivity index (χ2v) is 9.61. The Hall–Kier alpha value is -3.78. The lowest BCUT2D eigenvalue weighted by molar-refractivity contribution is -0.117. The summed E-state index contributed by atoms with van der Waals surface area (Å²) in [4.78, 5) is 38.0. The quantitative estimate of drug-likeness (QED) is 0.413. The van der Waals surface area contributed by atoms with Crippen LogP contribution in [-0.2, 0) is 30.7 Å². The van der Waals surface area contributed by atoms with Gasteiger partial charge in [-0.2, -0.15) is 4.98 Å². The van der Waals surface area contributed by atoms with Crippen molar-refractivity contribution >= 4 is 22.9 Å². The zero-order valence-corrected chi connectivity index (χ0v) is 20.6. The number of piperidine rings is 1. The number of Topliss-reactive ketones (excluding diaryl/α,β-unsaturated/α-hetero) is 1. The highest BCUT2D eigenvalue weighted by atomic mass is 16.1. The lowest BCUT2D eigenvalue weighted by Gasteiger charge is -2.31. The molecule has 8 heteroatoms. The molecule has 0 radical (unpaired) electrons. The standard InChI is InChI=1S/C28H32N6O2/c1-20(35)17-33-24(15-14-21-9-4-2-5-10-21)30-26-25(27(33)36)34(18-22-11-6-3-7-12-22)28(31-26)32-16-8-13-23(29)19-32/h2-7,9-12,23H,8,13-19,29H2,1H3. The first kappa shape index (κ1) is 23.9. The van der Waals surface area contributed by atoms with Crippen molar-refractivity contribution in [3.05, 3.63) is 88.0 Å². The summed E-state index contributed by atoms with van der Waals surface area (Å²) < 4.78 is 3.48. The van der Waals surface area contributed by atoms with Crippen LogP contribution in [0.2, 0.25) is 0 Å². The van der Waals surface area contributed by atoms with E-state index in [4.69, 9.17) is 15.7 Å². The third-order valence-electron chi connectivity index (χ3n) is 6.71.